The summed E-state index contributed by atoms with van der Waals surface area (Å²) < 4.78 is 0. The van der Waals surface area contributed by atoms with Gasteiger partial charge in [0, 0.05) is 6.04 Å². The third kappa shape index (κ3) is 0.936. The highest BCUT2D eigenvalue weighted by molar-refractivity contribution is 5.19. The van der Waals surface area contributed by atoms with Gasteiger partial charge in [0.15, 0.2) is 0 Å². The molecule has 2 atom stereocenters. The van der Waals surface area contributed by atoms with Gasteiger partial charge in [-0.1, -0.05) is 34.1 Å². The van der Waals surface area contributed by atoms with Crippen LogP contribution >= 0.6 is 0 Å². The number of rotatable bonds is 3. The molecule has 2 unspecified atom stereocenters. The minimum atomic E-state index is 0.401. The standard InChI is InChI=1S/C10H21N/c1-5-7-10(6-2)8(11)9(10,3)4/h8H,5-7,11H2,1-4H3. The molecule has 0 amide bonds. The minimum absolute atomic E-state index is 0.401. The van der Waals surface area contributed by atoms with Crippen molar-refractivity contribution in [3.8, 4) is 0 Å². The first-order chi connectivity index (χ1) is 5.03. The lowest BCUT2D eigenvalue weighted by Gasteiger charge is -2.16. The van der Waals surface area contributed by atoms with Gasteiger partial charge in [-0.3, -0.25) is 0 Å². The van der Waals surface area contributed by atoms with Crippen LogP contribution in [0.25, 0.3) is 0 Å². The van der Waals surface area contributed by atoms with E-state index in [1.165, 1.54) is 19.3 Å². The molecular weight excluding hydrogens is 134 g/mol. The van der Waals surface area contributed by atoms with E-state index in [0.717, 1.165) is 0 Å². The molecule has 1 fully saturated rings. The lowest BCUT2D eigenvalue weighted by atomic mass is 9.89. The van der Waals surface area contributed by atoms with Crippen LogP contribution in [0.4, 0.5) is 0 Å². The van der Waals surface area contributed by atoms with Crippen molar-refractivity contribution < 1.29 is 0 Å². The van der Waals surface area contributed by atoms with Crippen LogP contribution in [0.15, 0.2) is 0 Å². The van der Waals surface area contributed by atoms with Gasteiger partial charge in [0.25, 0.3) is 0 Å². The van der Waals surface area contributed by atoms with Gasteiger partial charge < -0.3 is 5.73 Å². The molecule has 1 nitrogen and oxygen atoms in total. The Morgan fingerprint density at radius 3 is 1.82 bits per heavy atom. The second-order valence-electron chi connectivity index (χ2n) is 4.46. The lowest BCUT2D eigenvalue weighted by molar-refractivity contribution is 0.339. The SMILES string of the molecule is CCCC1(CC)C(N)C1(C)C. The van der Waals surface area contributed by atoms with Gasteiger partial charge in [0.05, 0.1) is 0 Å². The van der Waals surface area contributed by atoms with Crippen molar-refractivity contribution in [3.05, 3.63) is 0 Å². The van der Waals surface area contributed by atoms with E-state index in [2.05, 4.69) is 27.7 Å². The lowest BCUT2D eigenvalue weighted by Crippen LogP contribution is -2.12. The maximum atomic E-state index is 6.08. The fraction of sp³-hybridized carbons (Fsp3) is 1.00. The first-order valence-corrected chi connectivity index (χ1v) is 4.78. The molecule has 1 heteroatoms. The van der Waals surface area contributed by atoms with Gasteiger partial charge in [-0.15, -0.1) is 0 Å². The van der Waals surface area contributed by atoms with Crippen molar-refractivity contribution >= 4 is 0 Å². The summed E-state index contributed by atoms with van der Waals surface area (Å²) in [5, 5.41) is 0. The van der Waals surface area contributed by atoms with Gasteiger partial charge in [-0.2, -0.15) is 0 Å². The monoisotopic (exact) mass is 155 g/mol. The number of nitrogens with two attached hydrogens (primary N) is 1. The number of hydrogen-bond donors (Lipinski definition) is 1. The molecule has 1 aliphatic carbocycles. The summed E-state index contributed by atoms with van der Waals surface area (Å²) in [6.45, 7) is 9.12. The van der Waals surface area contributed by atoms with Crippen molar-refractivity contribution in [2.24, 2.45) is 16.6 Å². The topological polar surface area (TPSA) is 26.0 Å². The largest absolute Gasteiger partial charge is 0.327 e. The summed E-state index contributed by atoms with van der Waals surface area (Å²) in [6, 6.07) is 0.444. The zero-order valence-electron chi connectivity index (χ0n) is 8.28. The minimum Gasteiger partial charge on any atom is -0.327 e. The van der Waals surface area contributed by atoms with Crippen LogP contribution in [0, 0.1) is 10.8 Å². The van der Waals surface area contributed by atoms with E-state index in [-0.39, 0.29) is 0 Å². The third-order valence-electron chi connectivity index (χ3n) is 3.90. The van der Waals surface area contributed by atoms with Crippen LogP contribution in [0.2, 0.25) is 0 Å². The Kier molecular flexibility index (Phi) is 2.04. The van der Waals surface area contributed by atoms with Crippen LogP contribution in [-0.2, 0) is 0 Å². The first-order valence-electron chi connectivity index (χ1n) is 4.78. The predicted octanol–water partition coefficient (Wildman–Crippen LogP) is 2.55. The average molecular weight is 155 g/mol. The smallest absolute Gasteiger partial charge is 0.0159 e. The molecule has 1 saturated carbocycles. The molecule has 1 rings (SSSR count). The molecule has 66 valence electrons. The molecule has 2 N–H and O–H groups in total. The van der Waals surface area contributed by atoms with E-state index >= 15 is 0 Å². The Morgan fingerprint density at radius 1 is 1.27 bits per heavy atom. The Labute approximate surface area is 70.4 Å². The molecular formula is C10H21N. The van der Waals surface area contributed by atoms with Crippen molar-refractivity contribution in [3.63, 3.8) is 0 Å². The first kappa shape index (κ1) is 9.05. The molecule has 0 heterocycles. The van der Waals surface area contributed by atoms with E-state index in [4.69, 9.17) is 5.73 Å². The van der Waals surface area contributed by atoms with Gasteiger partial charge >= 0.3 is 0 Å². The van der Waals surface area contributed by atoms with E-state index in [1.54, 1.807) is 0 Å². The van der Waals surface area contributed by atoms with E-state index in [0.29, 0.717) is 16.9 Å². The van der Waals surface area contributed by atoms with Gasteiger partial charge in [-0.25, -0.2) is 0 Å². The van der Waals surface area contributed by atoms with Crippen LogP contribution in [0.3, 0.4) is 0 Å². The van der Waals surface area contributed by atoms with Crippen LogP contribution in [-0.4, -0.2) is 6.04 Å². The second-order valence-corrected chi connectivity index (χ2v) is 4.46. The molecule has 1 aliphatic rings. The molecule has 11 heavy (non-hydrogen) atoms. The van der Waals surface area contributed by atoms with Crippen molar-refractivity contribution in [1.82, 2.24) is 0 Å². The normalized spacial score (nSPS) is 40.6. The molecule has 0 saturated heterocycles. The number of hydrogen-bond acceptors (Lipinski definition) is 1. The Hall–Kier alpha value is -0.0400. The fourth-order valence-electron chi connectivity index (χ4n) is 2.76. The van der Waals surface area contributed by atoms with Crippen molar-refractivity contribution in [1.29, 1.82) is 0 Å². The quantitative estimate of drug-likeness (QED) is 0.666. The van der Waals surface area contributed by atoms with Crippen molar-refractivity contribution in [2.45, 2.75) is 53.0 Å². The molecule has 0 aromatic carbocycles. The van der Waals surface area contributed by atoms with Gasteiger partial charge in [0.1, 0.15) is 0 Å². The summed E-state index contributed by atoms with van der Waals surface area (Å²) in [5.74, 6) is 0. The predicted molar refractivity (Wildman–Crippen MR) is 49.4 cm³/mol. The summed E-state index contributed by atoms with van der Waals surface area (Å²) in [6.07, 6.45) is 3.82. The van der Waals surface area contributed by atoms with Crippen LogP contribution < -0.4 is 5.73 Å². The molecule has 0 spiro atoms. The molecule has 0 aromatic heterocycles. The second kappa shape index (κ2) is 2.48. The van der Waals surface area contributed by atoms with Crippen LogP contribution in [0.1, 0.15) is 47.0 Å². The summed E-state index contributed by atoms with van der Waals surface area (Å²) in [4.78, 5) is 0. The molecule has 0 aliphatic heterocycles. The maximum absolute atomic E-state index is 6.08. The van der Waals surface area contributed by atoms with E-state index in [1.807, 2.05) is 0 Å². The van der Waals surface area contributed by atoms with Crippen molar-refractivity contribution in [2.75, 3.05) is 0 Å². The third-order valence-corrected chi connectivity index (χ3v) is 3.90. The maximum Gasteiger partial charge on any atom is 0.0159 e. The van der Waals surface area contributed by atoms with Gasteiger partial charge in [-0.05, 0) is 23.7 Å². The Bertz CT molecular complexity index is 151. The molecule has 0 radical (unpaired) electrons. The highest BCUT2D eigenvalue weighted by Crippen LogP contribution is 2.66. The Morgan fingerprint density at radius 2 is 1.73 bits per heavy atom. The summed E-state index contributed by atoms with van der Waals surface area (Å²) in [5.41, 5.74) is 6.95. The van der Waals surface area contributed by atoms with Crippen LogP contribution in [0.5, 0.6) is 0 Å². The highest BCUT2D eigenvalue weighted by atomic mass is 14.9. The van der Waals surface area contributed by atoms with E-state index < -0.39 is 0 Å². The zero-order valence-corrected chi connectivity index (χ0v) is 8.28. The molecule has 0 bridgehead atoms. The zero-order chi connectivity index (χ0) is 8.70. The van der Waals surface area contributed by atoms with E-state index in [9.17, 15) is 0 Å². The summed E-state index contributed by atoms with van der Waals surface area (Å²) in [7, 11) is 0. The fourth-order valence-corrected chi connectivity index (χ4v) is 2.76. The Balaban J connectivity index is 2.67. The summed E-state index contributed by atoms with van der Waals surface area (Å²) >= 11 is 0. The van der Waals surface area contributed by atoms with Gasteiger partial charge in [0.2, 0.25) is 0 Å². The molecule has 0 aromatic rings. The highest BCUT2D eigenvalue weighted by Gasteiger charge is 2.66. The average Bonchev–Trinajstić information content (AvgIpc) is 2.36.